The van der Waals surface area contributed by atoms with Crippen LogP contribution < -0.4 is 0 Å². The number of hydrogen-bond donors (Lipinski definition) is 2. The van der Waals surface area contributed by atoms with Gasteiger partial charge in [0.25, 0.3) is 0 Å². The number of ketones is 2. The zero-order valence-corrected chi connectivity index (χ0v) is 20.1. The topological polar surface area (TPSA) is 78.2 Å². The van der Waals surface area contributed by atoms with Gasteiger partial charge in [0, 0.05) is 25.2 Å². The van der Waals surface area contributed by atoms with Crippen molar-refractivity contribution in [2.75, 3.05) is 5.75 Å². The molecule has 0 amide bonds. The molecule has 1 aliphatic carbocycles. The van der Waals surface area contributed by atoms with E-state index in [1.165, 1.54) is 76.0 Å². The molecule has 0 heterocycles. The lowest BCUT2D eigenvalue weighted by molar-refractivity contribution is -0.124. The number of Topliss-reactive ketones (excluding diaryl/α,β-unsaturated/α-hetero) is 2. The molecule has 0 aromatic carbocycles. The smallest absolute Gasteiger partial charge is 0.170 e. The third-order valence-corrected chi connectivity index (χ3v) is 6.83. The van der Waals surface area contributed by atoms with Crippen LogP contribution in [0, 0.1) is 11.3 Å². The molecular weight excluding hydrogens is 394 g/mol. The van der Waals surface area contributed by atoms with E-state index in [-0.39, 0.29) is 41.7 Å². The molecule has 4 nitrogen and oxygen atoms in total. The van der Waals surface area contributed by atoms with Gasteiger partial charge >= 0.3 is 0 Å². The minimum atomic E-state index is -0.303. The van der Waals surface area contributed by atoms with Crippen molar-refractivity contribution in [3.63, 3.8) is 0 Å². The van der Waals surface area contributed by atoms with E-state index in [4.69, 9.17) is 5.41 Å². The van der Waals surface area contributed by atoms with Crippen molar-refractivity contribution in [2.24, 2.45) is 5.92 Å². The molecular formula is C25H43NO3S. The van der Waals surface area contributed by atoms with E-state index in [9.17, 15) is 14.7 Å². The van der Waals surface area contributed by atoms with Crippen molar-refractivity contribution in [3.05, 3.63) is 11.3 Å². The summed E-state index contributed by atoms with van der Waals surface area (Å²) < 4.78 is 0. The number of rotatable bonds is 16. The van der Waals surface area contributed by atoms with Crippen LogP contribution in [-0.4, -0.2) is 27.5 Å². The fourth-order valence-electron chi connectivity index (χ4n) is 4.10. The lowest BCUT2D eigenvalue weighted by Gasteiger charge is -2.22. The molecule has 5 heteroatoms. The maximum Gasteiger partial charge on any atom is 0.170 e. The number of carbonyl (C=O) groups is 2. The van der Waals surface area contributed by atoms with Gasteiger partial charge in [0.15, 0.2) is 11.6 Å². The summed E-state index contributed by atoms with van der Waals surface area (Å²) in [6, 6.07) is 0. The summed E-state index contributed by atoms with van der Waals surface area (Å²) in [6.07, 6.45) is 17.1. The zero-order chi connectivity index (χ0) is 22.2. The molecule has 2 N–H and O–H groups in total. The van der Waals surface area contributed by atoms with Gasteiger partial charge < -0.3 is 5.11 Å². The molecule has 0 atom stereocenters. The fourth-order valence-corrected chi connectivity index (χ4v) is 4.81. The first kappa shape index (κ1) is 26.9. The summed E-state index contributed by atoms with van der Waals surface area (Å²) in [6.45, 7) is 4.21. The maximum atomic E-state index is 12.4. The van der Waals surface area contributed by atoms with Gasteiger partial charge in [-0.2, -0.15) is 0 Å². The van der Waals surface area contributed by atoms with Crippen LogP contribution >= 0.6 is 11.8 Å². The number of unbranched alkanes of at least 4 members (excludes halogenated alkanes) is 12. The van der Waals surface area contributed by atoms with Crippen LogP contribution in [0.25, 0.3) is 0 Å². The van der Waals surface area contributed by atoms with E-state index >= 15 is 0 Å². The number of allylic oxidation sites excluding steroid dienone is 2. The number of hydrogen-bond acceptors (Lipinski definition) is 5. The molecule has 1 rings (SSSR count). The highest BCUT2D eigenvalue weighted by molar-refractivity contribution is 8.13. The highest BCUT2D eigenvalue weighted by atomic mass is 32.2. The molecule has 0 radical (unpaired) electrons. The van der Waals surface area contributed by atoms with Gasteiger partial charge in [-0.25, -0.2) is 0 Å². The molecule has 0 aliphatic heterocycles. The number of carbonyl (C=O) groups excluding carboxylic acids is 2. The number of aliphatic hydroxyl groups excluding tert-OH is 1. The molecule has 1 saturated carbocycles. The van der Waals surface area contributed by atoms with Crippen LogP contribution in [0.2, 0.25) is 0 Å². The monoisotopic (exact) mass is 437 g/mol. The van der Waals surface area contributed by atoms with Crippen molar-refractivity contribution in [1.82, 2.24) is 0 Å². The predicted molar refractivity (Wildman–Crippen MR) is 129 cm³/mol. The predicted octanol–water partition coefficient (Wildman–Crippen LogP) is 7.56. The highest BCUT2D eigenvalue weighted by Crippen LogP contribution is 2.29. The second-order valence-electron chi connectivity index (χ2n) is 8.56. The van der Waals surface area contributed by atoms with Gasteiger partial charge in [0.1, 0.15) is 5.76 Å². The quantitative estimate of drug-likeness (QED) is 0.0652. The number of aliphatic hydroxyl groups is 1. The molecule has 0 aromatic rings. The largest absolute Gasteiger partial charge is 0.511 e. The Morgan fingerprint density at radius 3 is 1.70 bits per heavy atom. The van der Waals surface area contributed by atoms with Gasteiger partial charge in [-0.1, -0.05) is 90.9 Å². The van der Waals surface area contributed by atoms with Crippen molar-refractivity contribution < 1.29 is 14.7 Å². The second kappa shape index (κ2) is 16.6. The van der Waals surface area contributed by atoms with Gasteiger partial charge in [-0.3, -0.25) is 15.0 Å². The third kappa shape index (κ3) is 10.8. The van der Waals surface area contributed by atoms with Crippen LogP contribution in [0.15, 0.2) is 11.3 Å². The lowest BCUT2D eigenvalue weighted by Crippen LogP contribution is -2.30. The van der Waals surface area contributed by atoms with E-state index in [2.05, 4.69) is 6.92 Å². The normalized spacial score (nSPS) is 16.9. The van der Waals surface area contributed by atoms with Gasteiger partial charge in [0.2, 0.25) is 0 Å². The molecule has 0 saturated heterocycles. The summed E-state index contributed by atoms with van der Waals surface area (Å²) in [4.78, 5) is 24.7. The SMILES string of the molecule is CCCCCCCCCCCCCCCC(O)=C1C(=O)CC(C(=N)SCC)CC1=O. The first-order chi connectivity index (χ1) is 14.5. The Bertz CT molecular complexity index is 551. The molecule has 30 heavy (non-hydrogen) atoms. The van der Waals surface area contributed by atoms with E-state index in [0.717, 1.165) is 25.0 Å². The van der Waals surface area contributed by atoms with E-state index in [1.807, 2.05) is 6.92 Å². The van der Waals surface area contributed by atoms with Gasteiger partial charge in [-0.05, 0) is 12.2 Å². The standard InChI is InChI=1S/C25H43NO3S/c1-3-5-6-7-8-9-10-11-12-13-14-15-16-17-21(27)24-22(28)18-20(19-23(24)29)25(26)30-4-2/h20,26-27H,3-19H2,1-2H3. The van der Waals surface area contributed by atoms with Crippen molar-refractivity contribution >= 4 is 28.4 Å². The minimum Gasteiger partial charge on any atom is -0.511 e. The van der Waals surface area contributed by atoms with Gasteiger partial charge in [-0.15, -0.1) is 11.8 Å². The van der Waals surface area contributed by atoms with Crippen molar-refractivity contribution in [1.29, 1.82) is 5.41 Å². The van der Waals surface area contributed by atoms with Crippen LogP contribution in [0.4, 0.5) is 0 Å². The van der Waals surface area contributed by atoms with Crippen molar-refractivity contribution in [2.45, 2.75) is 117 Å². The number of nitrogens with one attached hydrogen (secondary N) is 1. The summed E-state index contributed by atoms with van der Waals surface area (Å²) in [5, 5.41) is 18.7. The molecule has 0 aromatic heterocycles. The minimum absolute atomic E-state index is 0.0134. The van der Waals surface area contributed by atoms with Crippen LogP contribution in [0.3, 0.4) is 0 Å². The van der Waals surface area contributed by atoms with Crippen LogP contribution in [-0.2, 0) is 9.59 Å². The second-order valence-corrected chi connectivity index (χ2v) is 9.87. The molecule has 0 bridgehead atoms. The Morgan fingerprint density at radius 1 is 0.833 bits per heavy atom. The molecule has 1 aliphatic rings. The highest BCUT2D eigenvalue weighted by Gasteiger charge is 2.34. The van der Waals surface area contributed by atoms with E-state index < -0.39 is 0 Å². The molecule has 172 valence electrons. The molecule has 1 fully saturated rings. The number of thioether (sulfide) groups is 1. The lowest BCUT2D eigenvalue weighted by atomic mass is 9.83. The summed E-state index contributed by atoms with van der Waals surface area (Å²) in [5.74, 6) is -0.135. The Labute approximate surface area is 188 Å². The van der Waals surface area contributed by atoms with Crippen LogP contribution in [0.5, 0.6) is 0 Å². The Balaban J connectivity index is 2.15. The zero-order valence-electron chi connectivity index (χ0n) is 19.3. The summed E-state index contributed by atoms with van der Waals surface area (Å²) in [7, 11) is 0. The third-order valence-electron chi connectivity index (χ3n) is 5.90. The average Bonchev–Trinajstić information content (AvgIpc) is 2.71. The first-order valence-electron chi connectivity index (χ1n) is 12.2. The van der Waals surface area contributed by atoms with Crippen molar-refractivity contribution in [3.8, 4) is 0 Å². The first-order valence-corrected chi connectivity index (χ1v) is 13.2. The Hall–Kier alpha value is -1.10. The Morgan fingerprint density at radius 2 is 1.27 bits per heavy atom. The summed E-state index contributed by atoms with van der Waals surface area (Å²) >= 11 is 1.38. The average molecular weight is 438 g/mol. The maximum absolute atomic E-state index is 12.4. The van der Waals surface area contributed by atoms with Crippen LogP contribution in [0.1, 0.15) is 117 Å². The Kier molecular flexibility index (Phi) is 14.9. The fraction of sp³-hybridized carbons (Fsp3) is 0.800. The van der Waals surface area contributed by atoms with E-state index in [0.29, 0.717) is 11.5 Å². The van der Waals surface area contributed by atoms with Gasteiger partial charge in [0.05, 0.1) is 10.6 Å². The summed E-state index contributed by atoms with van der Waals surface area (Å²) in [5.41, 5.74) is 0.0134. The molecule has 0 spiro atoms. The van der Waals surface area contributed by atoms with E-state index in [1.54, 1.807) is 0 Å². The molecule has 0 unspecified atom stereocenters.